The van der Waals surface area contributed by atoms with Crippen molar-refractivity contribution in [2.24, 2.45) is 11.8 Å². The molecular formula is C10H15NO4. The van der Waals surface area contributed by atoms with Gasteiger partial charge in [0.25, 0.3) is 0 Å². The summed E-state index contributed by atoms with van der Waals surface area (Å²) in [5.74, 6) is -1.61. The fourth-order valence-corrected chi connectivity index (χ4v) is 2.01. The molecule has 2 fully saturated rings. The van der Waals surface area contributed by atoms with Crippen LogP contribution >= 0.6 is 0 Å². The van der Waals surface area contributed by atoms with E-state index in [0.29, 0.717) is 26.2 Å². The standard InChI is InChI=1S/C10H15NO4/c1-6-5-15-3-2-11(6)9(12)7-4-8(7)10(13)14/h6-8H,2-5H2,1H3,(H,13,14)/t6-,7?,8?/m1/s1. The summed E-state index contributed by atoms with van der Waals surface area (Å²) in [5.41, 5.74) is 0. The van der Waals surface area contributed by atoms with Gasteiger partial charge >= 0.3 is 5.97 Å². The van der Waals surface area contributed by atoms with Crippen molar-refractivity contribution < 1.29 is 19.4 Å². The molecule has 1 aliphatic carbocycles. The Morgan fingerprint density at radius 2 is 2.13 bits per heavy atom. The first-order chi connectivity index (χ1) is 7.11. The van der Waals surface area contributed by atoms with Gasteiger partial charge in [-0.2, -0.15) is 0 Å². The van der Waals surface area contributed by atoms with Gasteiger partial charge in [-0.15, -0.1) is 0 Å². The van der Waals surface area contributed by atoms with E-state index in [0.717, 1.165) is 0 Å². The van der Waals surface area contributed by atoms with Crippen molar-refractivity contribution in [3.05, 3.63) is 0 Å². The molecule has 3 atom stereocenters. The van der Waals surface area contributed by atoms with E-state index in [1.54, 1.807) is 4.90 Å². The lowest BCUT2D eigenvalue weighted by Crippen LogP contribution is -2.48. The zero-order chi connectivity index (χ0) is 11.0. The van der Waals surface area contributed by atoms with Crippen LogP contribution in [-0.2, 0) is 14.3 Å². The molecule has 0 aromatic heterocycles. The second-order valence-corrected chi connectivity index (χ2v) is 4.24. The fourth-order valence-electron chi connectivity index (χ4n) is 2.01. The molecule has 1 heterocycles. The topological polar surface area (TPSA) is 66.8 Å². The monoisotopic (exact) mass is 213 g/mol. The van der Waals surface area contributed by atoms with Crippen LogP contribution < -0.4 is 0 Å². The quantitative estimate of drug-likeness (QED) is 0.698. The number of hydrogen-bond acceptors (Lipinski definition) is 3. The maximum atomic E-state index is 11.9. The zero-order valence-corrected chi connectivity index (χ0v) is 8.68. The van der Waals surface area contributed by atoms with Crippen LogP contribution in [-0.4, -0.2) is 47.7 Å². The number of ether oxygens (including phenoxy) is 1. The molecule has 0 radical (unpaired) electrons. The van der Waals surface area contributed by atoms with Crippen molar-refractivity contribution in [2.45, 2.75) is 19.4 Å². The van der Waals surface area contributed by atoms with Crippen LogP contribution in [0.4, 0.5) is 0 Å². The molecule has 2 rings (SSSR count). The molecule has 1 amide bonds. The third-order valence-corrected chi connectivity index (χ3v) is 3.08. The van der Waals surface area contributed by atoms with Crippen LogP contribution in [0.2, 0.25) is 0 Å². The molecule has 5 nitrogen and oxygen atoms in total. The number of nitrogens with zero attached hydrogens (tertiary/aromatic N) is 1. The molecule has 5 heteroatoms. The highest BCUT2D eigenvalue weighted by Crippen LogP contribution is 2.40. The van der Waals surface area contributed by atoms with Gasteiger partial charge in [0.15, 0.2) is 0 Å². The summed E-state index contributed by atoms with van der Waals surface area (Å²) in [7, 11) is 0. The highest BCUT2D eigenvalue weighted by molar-refractivity contribution is 5.89. The van der Waals surface area contributed by atoms with Gasteiger partial charge in [-0.1, -0.05) is 0 Å². The molecule has 0 spiro atoms. The zero-order valence-electron chi connectivity index (χ0n) is 8.68. The van der Waals surface area contributed by atoms with E-state index in [-0.39, 0.29) is 17.9 Å². The van der Waals surface area contributed by atoms with Crippen molar-refractivity contribution in [1.82, 2.24) is 4.90 Å². The van der Waals surface area contributed by atoms with Crippen molar-refractivity contribution in [2.75, 3.05) is 19.8 Å². The minimum absolute atomic E-state index is 0.0156. The second kappa shape index (κ2) is 3.81. The lowest BCUT2D eigenvalue weighted by atomic mass is 10.2. The second-order valence-electron chi connectivity index (χ2n) is 4.24. The predicted octanol–water partition coefficient (Wildman–Crippen LogP) is -0.0456. The lowest BCUT2D eigenvalue weighted by Gasteiger charge is -2.33. The van der Waals surface area contributed by atoms with Gasteiger partial charge in [-0.3, -0.25) is 9.59 Å². The van der Waals surface area contributed by atoms with E-state index in [1.807, 2.05) is 6.92 Å². The highest BCUT2D eigenvalue weighted by atomic mass is 16.5. The van der Waals surface area contributed by atoms with Gasteiger partial charge in [0.2, 0.25) is 5.91 Å². The third kappa shape index (κ3) is 1.97. The van der Waals surface area contributed by atoms with Crippen molar-refractivity contribution in [3.8, 4) is 0 Å². The third-order valence-electron chi connectivity index (χ3n) is 3.08. The number of amides is 1. The summed E-state index contributed by atoms with van der Waals surface area (Å²) >= 11 is 0. The Morgan fingerprint density at radius 1 is 1.40 bits per heavy atom. The van der Waals surface area contributed by atoms with Gasteiger partial charge in [0, 0.05) is 6.54 Å². The van der Waals surface area contributed by atoms with E-state index in [9.17, 15) is 9.59 Å². The number of carboxylic acids is 1. The summed E-state index contributed by atoms with van der Waals surface area (Å²) < 4.78 is 5.23. The summed E-state index contributed by atoms with van der Waals surface area (Å²) in [5, 5.41) is 8.74. The molecule has 0 aromatic carbocycles. The average molecular weight is 213 g/mol. The van der Waals surface area contributed by atoms with Gasteiger partial charge in [0.1, 0.15) is 0 Å². The van der Waals surface area contributed by atoms with Crippen LogP contribution in [0.3, 0.4) is 0 Å². The fraction of sp³-hybridized carbons (Fsp3) is 0.800. The van der Waals surface area contributed by atoms with E-state index in [4.69, 9.17) is 9.84 Å². The van der Waals surface area contributed by atoms with E-state index in [2.05, 4.69) is 0 Å². The molecule has 2 aliphatic rings. The number of carbonyl (C=O) groups is 2. The lowest BCUT2D eigenvalue weighted by molar-refractivity contribution is -0.145. The van der Waals surface area contributed by atoms with Gasteiger partial charge < -0.3 is 14.7 Å². The van der Waals surface area contributed by atoms with Crippen LogP contribution in [0, 0.1) is 11.8 Å². The summed E-state index contributed by atoms with van der Waals surface area (Å²) in [6.07, 6.45) is 0.498. The Hall–Kier alpha value is -1.10. The first kappa shape index (κ1) is 10.4. The maximum absolute atomic E-state index is 11.9. The van der Waals surface area contributed by atoms with Gasteiger partial charge in [0.05, 0.1) is 31.1 Å². The molecule has 2 unspecified atom stereocenters. The van der Waals surface area contributed by atoms with Crippen LogP contribution in [0.25, 0.3) is 0 Å². The molecule has 0 bridgehead atoms. The number of rotatable bonds is 2. The Kier molecular flexibility index (Phi) is 2.65. The van der Waals surface area contributed by atoms with Crippen molar-refractivity contribution in [1.29, 1.82) is 0 Å². The molecule has 15 heavy (non-hydrogen) atoms. The Balaban J connectivity index is 1.94. The van der Waals surface area contributed by atoms with Crippen LogP contribution in [0.15, 0.2) is 0 Å². The molecule has 84 valence electrons. The maximum Gasteiger partial charge on any atom is 0.307 e. The summed E-state index contributed by atoms with van der Waals surface area (Å²) in [6.45, 7) is 3.62. The molecule has 1 saturated heterocycles. The highest BCUT2D eigenvalue weighted by Gasteiger charge is 2.50. The molecule has 0 aromatic rings. The molecule has 1 saturated carbocycles. The number of hydrogen-bond donors (Lipinski definition) is 1. The smallest absolute Gasteiger partial charge is 0.307 e. The van der Waals surface area contributed by atoms with E-state index < -0.39 is 11.9 Å². The number of morpholine rings is 1. The Morgan fingerprint density at radius 3 is 2.67 bits per heavy atom. The first-order valence-electron chi connectivity index (χ1n) is 5.22. The SMILES string of the molecule is C[C@@H]1COCCN1C(=O)C1CC1C(=O)O. The van der Waals surface area contributed by atoms with Gasteiger partial charge in [-0.05, 0) is 13.3 Å². The van der Waals surface area contributed by atoms with Crippen molar-refractivity contribution in [3.63, 3.8) is 0 Å². The van der Waals surface area contributed by atoms with Crippen LogP contribution in [0.1, 0.15) is 13.3 Å². The average Bonchev–Trinajstić information content (AvgIpc) is 2.97. The van der Waals surface area contributed by atoms with Gasteiger partial charge in [-0.25, -0.2) is 0 Å². The first-order valence-corrected chi connectivity index (χ1v) is 5.22. The summed E-state index contributed by atoms with van der Waals surface area (Å²) in [4.78, 5) is 24.3. The minimum atomic E-state index is -0.853. The van der Waals surface area contributed by atoms with Crippen LogP contribution in [0.5, 0.6) is 0 Å². The van der Waals surface area contributed by atoms with E-state index in [1.165, 1.54) is 0 Å². The number of carboxylic acid groups (broad SMARTS) is 1. The molecule has 1 aliphatic heterocycles. The largest absolute Gasteiger partial charge is 0.481 e. The molecular weight excluding hydrogens is 198 g/mol. The number of aliphatic carboxylic acids is 1. The normalized spacial score (nSPS) is 35.0. The summed E-state index contributed by atoms with van der Waals surface area (Å²) in [6, 6.07) is 0.0706. The predicted molar refractivity (Wildman–Crippen MR) is 51.2 cm³/mol. The minimum Gasteiger partial charge on any atom is -0.481 e. The Labute approximate surface area is 88.0 Å². The van der Waals surface area contributed by atoms with Crippen molar-refractivity contribution >= 4 is 11.9 Å². The van der Waals surface area contributed by atoms with E-state index >= 15 is 0 Å². The molecule has 1 N–H and O–H groups in total. The number of carbonyl (C=O) groups excluding carboxylic acids is 1. The Bertz CT molecular complexity index is 291.